The zero-order valence-electron chi connectivity index (χ0n) is 10.9. The lowest BCUT2D eigenvalue weighted by atomic mass is 10.2. The molecule has 0 aliphatic rings. The molecule has 6 heteroatoms. The number of carbonyl (C=O) groups is 1. The maximum Gasteiger partial charge on any atom is 0.410 e. The Morgan fingerprint density at radius 3 is 2.18 bits per heavy atom. The van der Waals surface area contributed by atoms with Gasteiger partial charge in [-0.2, -0.15) is 0 Å². The van der Waals surface area contributed by atoms with Crippen molar-refractivity contribution in [3.05, 3.63) is 0 Å². The summed E-state index contributed by atoms with van der Waals surface area (Å²) in [6.07, 6.45) is -0.262. The highest BCUT2D eigenvalue weighted by Gasteiger charge is 2.30. The summed E-state index contributed by atoms with van der Waals surface area (Å²) in [6.45, 7) is 5.71. The Bertz CT molecular complexity index is 247. The zero-order chi connectivity index (χ0) is 13.7. The standard InChI is InChI=1S/C11H22F2N2O2/c1-10(2,3)17-9(16)15(7-5-6-14)8-11(4,12)13/h5-8,14H2,1-4H3. The molecular formula is C11H22F2N2O2. The number of hydrogen-bond donors (Lipinski definition) is 1. The lowest BCUT2D eigenvalue weighted by molar-refractivity contribution is -0.0299. The lowest BCUT2D eigenvalue weighted by Crippen LogP contribution is -2.43. The summed E-state index contributed by atoms with van der Waals surface area (Å²) < 4.78 is 30.9. The minimum atomic E-state index is -2.94. The van der Waals surface area contributed by atoms with E-state index in [4.69, 9.17) is 10.5 Å². The number of rotatable bonds is 5. The molecule has 0 spiro atoms. The predicted octanol–water partition coefficient (Wildman–Crippen LogP) is 2.23. The van der Waals surface area contributed by atoms with Crippen molar-refractivity contribution in [3.63, 3.8) is 0 Å². The van der Waals surface area contributed by atoms with Gasteiger partial charge in [0.1, 0.15) is 5.60 Å². The Morgan fingerprint density at radius 2 is 1.82 bits per heavy atom. The average Bonchev–Trinajstić information content (AvgIpc) is 2.07. The highest BCUT2D eigenvalue weighted by molar-refractivity contribution is 5.68. The fourth-order valence-electron chi connectivity index (χ4n) is 1.18. The van der Waals surface area contributed by atoms with E-state index in [2.05, 4.69) is 0 Å². The van der Waals surface area contributed by atoms with E-state index in [1.54, 1.807) is 20.8 Å². The Labute approximate surface area is 101 Å². The lowest BCUT2D eigenvalue weighted by Gasteiger charge is -2.29. The molecule has 0 aromatic carbocycles. The van der Waals surface area contributed by atoms with Crippen LogP contribution in [-0.2, 0) is 4.74 Å². The monoisotopic (exact) mass is 252 g/mol. The van der Waals surface area contributed by atoms with Gasteiger partial charge >= 0.3 is 6.09 Å². The van der Waals surface area contributed by atoms with Gasteiger partial charge in [0.2, 0.25) is 0 Å². The molecule has 0 aromatic heterocycles. The fraction of sp³-hybridized carbons (Fsp3) is 0.909. The van der Waals surface area contributed by atoms with Crippen LogP contribution >= 0.6 is 0 Å². The molecule has 0 rings (SSSR count). The first kappa shape index (κ1) is 16.1. The number of nitrogens with two attached hydrogens (primary N) is 1. The van der Waals surface area contributed by atoms with Crippen LogP contribution in [0.4, 0.5) is 13.6 Å². The minimum absolute atomic E-state index is 0.175. The van der Waals surface area contributed by atoms with Crippen LogP contribution in [-0.4, -0.2) is 42.2 Å². The van der Waals surface area contributed by atoms with Gasteiger partial charge in [-0.3, -0.25) is 0 Å². The molecule has 0 atom stereocenters. The Hall–Kier alpha value is -0.910. The molecule has 0 unspecified atom stereocenters. The van der Waals surface area contributed by atoms with Gasteiger partial charge in [0.25, 0.3) is 5.92 Å². The fourth-order valence-corrected chi connectivity index (χ4v) is 1.18. The van der Waals surface area contributed by atoms with Crippen LogP contribution in [0, 0.1) is 0 Å². The number of nitrogens with zero attached hydrogens (tertiary/aromatic N) is 1. The van der Waals surface area contributed by atoms with E-state index in [-0.39, 0.29) is 6.54 Å². The van der Waals surface area contributed by atoms with E-state index in [1.165, 1.54) is 0 Å². The van der Waals surface area contributed by atoms with Crippen molar-refractivity contribution in [3.8, 4) is 0 Å². The van der Waals surface area contributed by atoms with Crippen LogP contribution < -0.4 is 5.73 Å². The van der Waals surface area contributed by atoms with E-state index in [0.717, 1.165) is 11.8 Å². The molecular weight excluding hydrogens is 230 g/mol. The molecule has 102 valence electrons. The number of amides is 1. The van der Waals surface area contributed by atoms with E-state index in [9.17, 15) is 13.6 Å². The van der Waals surface area contributed by atoms with Crippen molar-refractivity contribution in [1.29, 1.82) is 0 Å². The van der Waals surface area contributed by atoms with Gasteiger partial charge in [0, 0.05) is 13.5 Å². The Balaban J connectivity index is 4.51. The maximum atomic E-state index is 12.9. The molecule has 0 bridgehead atoms. The third-order valence-corrected chi connectivity index (χ3v) is 1.75. The summed E-state index contributed by atoms with van der Waals surface area (Å²) in [4.78, 5) is 12.7. The quantitative estimate of drug-likeness (QED) is 0.816. The molecule has 1 amide bonds. The molecule has 0 heterocycles. The Kier molecular flexibility index (Phi) is 5.81. The van der Waals surface area contributed by atoms with Gasteiger partial charge in [-0.25, -0.2) is 13.6 Å². The molecule has 0 saturated carbocycles. The van der Waals surface area contributed by atoms with Crippen molar-refractivity contribution < 1.29 is 18.3 Å². The van der Waals surface area contributed by atoms with E-state index >= 15 is 0 Å². The van der Waals surface area contributed by atoms with Gasteiger partial charge in [-0.05, 0) is 33.7 Å². The maximum absolute atomic E-state index is 12.9. The first-order chi connectivity index (χ1) is 7.55. The summed E-state index contributed by atoms with van der Waals surface area (Å²) in [7, 11) is 0. The summed E-state index contributed by atoms with van der Waals surface area (Å²) in [5.74, 6) is -2.94. The van der Waals surface area contributed by atoms with Gasteiger partial charge in [-0.1, -0.05) is 0 Å². The van der Waals surface area contributed by atoms with Gasteiger partial charge in [-0.15, -0.1) is 0 Å². The van der Waals surface area contributed by atoms with Crippen LogP contribution in [0.5, 0.6) is 0 Å². The normalized spacial score (nSPS) is 12.4. The third kappa shape index (κ3) is 8.85. The summed E-state index contributed by atoms with van der Waals surface area (Å²) in [6, 6.07) is 0. The van der Waals surface area contributed by atoms with Crippen molar-refractivity contribution in [2.45, 2.75) is 45.6 Å². The third-order valence-electron chi connectivity index (χ3n) is 1.75. The number of hydrogen-bond acceptors (Lipinski definition) is 3. The highest BCUT2D eigenvalue weighted by atomic mass is 19.3. The van der Waals surface area contributed by atoms with Crippen LogP contribution in [0.2, 0.25) is 0 Å². The predicted molar refractivity (Wildman–Crippen MR) is 62.1 cm³/mol. The largest absolute Gasteiger partial charge is 0.444 e. The van der Waals surface area contributed by atoms with E-state index < -0.39 is 24.2 Å². The highest BCUT2D eigenvalue weighted by Crippen LogP contribution is 2.17. The van der Waals surface area contributed by atoms with E-state index in [0.29, 0.717) is 13.0 Å². The van der Waals surface area contributed by atoms with Gasteiger partial charge in [0.05, 0.1) is 6.54 Å². The number of carbonyl (C=O) groups excluding carboxylic acids is 1. The molecule has 0 saturated heterocycles. The summed E-state index contributed by atoms with van der Waals surface area (Å²) in [5.41, 5.74) is 4.61. The SMILES string of the molecule is CC(F)(F)CN(CCCN)C(=O)OC(C)(C)C. The average molecular weight is 252 g/mol. The van der Waals surface area contributed by atoms with Crippen molar-refractivity contribution in [2.75, 3.05) is 19.6 Å². The molecule has 4 nitrogen and oxygen atoms in total. The van der Waals surface area contributed by atoms with Crippen molar-refractivity contribution in [2.24, 2.45) is 5.73 Å². The molecule has 0 aliphatic heterocycles. The van der Waals surface area contributed by atoms with Gasteiger partial charge in [0.15, 0.2) is 0 Å². The number of alkyl halides is 2. The van der Waals surface area contributed by atoms with Crippen LogP contribution in [0.1, 0.15) is 34.1 Å². The van der Waals surface area contributed by atoms with Crippen molar-refractivity contribution in [1.82, 2.24) is 4.90 Å². The zero-order valence-corrected chi connectivity index (χ0v) is 10.9. The van der Waals surface area contributed by atoms with Crippen LogP contribution in [0.25, 0.3) is 0 Å². The van der Waals surface area contributed by atoms with E-state index in [1.807, 2.05) is 0 Å². The first-order valence-corrected chi connectivity index (χ1v) is 5.61. The molecule has 0 aliphatic carbocycles. The van der Waals surface area contributed by atoms with Crippen LogP contribution in [0.3, 0.4) is 0 Å². The smallest absolute Gasteiger partial charge is 0.410 e. The number of ether oxygens (including phenoxy) is 1. The second-order valence-corrected chi connectivity index (χ2v) is 5.11. The topological polar surface area (TPSA) is 55.6 Å². The first-order valence-electron chi connectivity index (χ1n) is 5.61. The Morgan fingerprint density at radius 1 is 1.29 bits per heavy atom. The van der Waals surface area contributed by atoms with Gasteiger partial charge < -0.3 is 15.4 Å². The second-order valence-electron chi connectivity index (χ2n) is 5.11. The second kappa shape index (κ2) is 6.14. The molecule has 2 N–H and O–H groups in total. The summed E-state index contributed by atoms with van der Waals surface area (Å²) in [5, 5.41) is 0. The minimum Gasteiger partial charge on any atom is -0.444 e. The van der Waals surface area contributed by atoms with Crippen LogP contribution in [0.15, 0.2) is 0 Å². The number of halogens is 2. The molecule has 17 heavy (non-hydrogen) atoms. The molecule has 0 aromatic rings. The van der Waals surface area contributed by atoms with Crippen molar-refractivity contribution >= 4 is 6.09 Å². The summed E-state index contributed by atoms with van der Waals surface area (Å²) >= 11 is 0. The molecule has 0 fully saturated rings. The molecule has 0 radical (unpaired) electrons.